The van der Waals surface area contributed by atoms with E-state index in [1.54, 1.807) is 23.9 Å². The summed E-state index contributed by atoms with van der Waals surface area (Å²) in [6, 6.07) is 5.19. The molecular weight excluding hydrogens is 298 g/mol. The maximum Gasteiger partial charge on any atom is 0.323 e. The summed E-state index contributed by atoms with van der Waals surface area (Å²) >= 11 is 1.72. The number of phenols is 1. The molecule has 0 bridgehead atoms. The number of likely N-dealkylation sites (N-methyl/N-ethyl adjacent to an activating group) is 1. The molecule has 0 saturated carbocycles. The van der Waals surface area contributed by atoms with Crippen LogP contribution in [0.4, 0.5) is 0 Å². The molecule has 22 heavy (non-hydrogen) atoms. The molecule has 4 nitrogen and oxygen atoms in total. The number of nitrogens with zero attached hydrogens (tertiary/aromatic N) is 1. The lowest BCUT2D eigenvalue weighted by Gasteiger charge is -2.27. The van der Waals surface area contributed by atoms with Gasteiger partial charge in [-0.2, -0.15) is 11.8 Å². The number of aromatic hydroxyl groups is 1. The second kappa shape index (κ2) is 9.06. The molecule has 0 saturated heterocycles. The van der Waals surface area contributed by atoms with Crippen molar-refractivity contribution in [3.8, 4) is 5.75 Å². The van der Waals surface area contributed by atoms with Crippen molar-refractivity contribution in [1.29, 1.82) is 0 Å². The molecule has 0 aromatic heterocycles. The largest absolute Gasteiger partial charge is 0.508 e. The Morgan fingerprint density at radius 1 is 1.41 bits per heavy atom. The predicted octanol–water partition coefficient (Wildman–Crippen LogP) is 3.24. The lowest BCUT2D eigenvalue weighted by molar-refractivity contribution is -0.146. The van der Waals surface area contributed by atoms with E-state index in [9.17, 15) is 9.90 Å². The number of thioether (sulfide) groups is 1. The van der Waals surface area contributed by atoms with Crippen molar-refractivity contribution in [3.05, 3.63) is 29.3 Å². The number of ether oxygens (including phenoxy) is 1. The van der Waals surface area contributed by atoms with Crippen LogP contribution in [0.1, 0.15) is 37.3 Å². The van der Waals surface area contributed by atoms with Crippen molar-refractivity contribution in [2.45, 2.75) is 38.8 Å². The molecule has 124 valence electrons. The fourth-order valence-corrected chi connectivity index (χ4v) is 3.01. The van der Waals surface area contributed by atoms with Crippen LogP contribution in [0.2, 0.25) is 0 Å². The average molecular weight is 325 g/mol. The maximum atomic E-state index is 12.0. The van der Waals surface area contributed by atoms with E-state index in [1.807, 2.05) is 24.3 Å². The number of phenolic OH excluding ortho intramolecular Hbond substituents is 1. The van der Waals surface area contributed by atoms with Crippen LogP contribution in [0.5, 0.6) is 5.75 Å². The fraction of sp³-hybridized carbons (Fsp3) is 0.588. The minimum absolute atomic E-state index is 0.206. The van der Waals surface area contributed by atoms with E-state index in [-0.39, 0.29) is 17.8 Å². The molecule has 0 aliphatic rings. The summed E-state index contributed by atoms with van der Waals surface area (Å²) in [7, 11) is 3.35. The van der Waals surface area contributed by atoms with Gasteiger partial charge in [0, 0.05) is 6.54 Å². The molecule has 1 aromatic carbocycles. The molecule has 0 aliphatic heterocycles. The minimum atomic E-state index is -0.264. The first-order valence-electron chi connectivity index (χ1n) is 7.49. The Morgan fingerprint density at radius 2 is 2.09 bits per heavy atom. The summed E-state index contributed by atoms with van der Waals surface area (Å²) in [5, 5.41) is 9.75. The van der Waals surface area contributed by atoms with Crippen LogP contribution in [-0.2, 0) is 16.1 Å². The summed E-state index contributed by atoms with van der Waals surface area (Å²) in [5.41, 5.74) is 2.24. The zero-order valence-electron chi connectivity index (χ0n) is 14.1. The van der Waals surface area contributed by atoms with Gasteiger partial charge in [0.05, 0.1) is 7.11 Å². The van der Waals surface area contributed by atoms with Gasteiger partial charge in [-0.05, 0) is 54.7 Å². The van der Waals surface area contributed by atoms with Crippen molar-refractivity contribution >= 4 is 17.7 Å². The van der Waals surface area contributed by atoms with Gasteiger partial charge in [-0.25, -0.2) is 0 Å². The third-order valence-corrected chi connectivity index (χ3v) is 4.41. The molecule has 5 heteroatoms. The Hall–Kier alpha value is -1.20. The lowest BCUT2D eigenvalue weighted by atomic mass is 9.96. The van der Waals surface area contributed by atoms with Crippen molar-refractivity contribution in [1.82, 2.24) is 4.90 Å². The first-order valence-corrected chi connectivity index (χ1v) is 8.88. The number of esters is 1. The molecule has 1 N–H and O–H groups in total. The highest BCUT2D eigenvalue weighted by Crippen LogP contribution is 2.25. The van der Waals surface area contributed by atoms with E-state index in [2.05, 4.69) is 13.8 Å². The molecule has 0 spiro atoms. The highest BCUT2D eigenvalue weighted by atomic mass is 32.2. The summed E-state index contributed by atoms with van der Waals surface area (Å²) in [4.78, 5) is 14.0. The van der Waals surface area contributed by atoms with Crippen LogP contribution in [-0.4, -0.2) is 48.2 Å². The number of hydrogen-bond donors (Lipinski definition) is 1. The summed E-state index contributed by atoms with van der Waals surface area (Å²) in [6.45, 7) is 4.86. The summed E-state index contributed by atoms with van der Waals surface area (Å²) < 4.78 is 4.93. The second-order valence-corrected chi connectivity index (χ2v) is 6.76. The number of carbonyl (C=O) groups excluding carboxylic acids is 1. The van der Waals surface area contributed by atoms with Crippen LogP contribution in [0, 0.1) is 0 Å². The normalized spacial score (nSPS) is 12.7. The van der Waals surface area contributed by atoms with Gasteiger partial charge in [0.15, 0.2) is 0 Å². The standard InChI is InChI=1S/C17H27NO3S/c1-12(2)15-7-6-14(19)10-13(15)11-18(3)16(8-9-22-5)17(20)21-4/h6-7,10,12,16,19H,8-9,11H2,1-5H3. The lowest BCUT2D eigenvalue weighted by Crippen LogP contribution is -2.39. The van der Waals surface area contributed by atoms with Gasteiger partial charge in [0.25, 0.3) is 0 Å². The Balaban J connectivity index is 2.95. The van der Waals surface area contributed by atoms with E-state index in [0.717, 1.165) is 17.7 Å². The topological polar surface area (TPSA) is 49.8 Å². The third-order valence-electron chi connectivity index (χ3n) is 3.77. The molecule has 0 radical (unpaired) electrons. The number of rotatable bonds is 8. The quantitative estimate of drug-likeness (QED) is 0.744. The number of hydrogen-bond acceptors (Lipinski definition) is 5. The van der Waals surface area contributed by atoms with E-state index >= 15 is 0 Å². The van der Waals surface area contributed by atoms with Crippen LogP contribution in [0.15, 0.2) is 18.2 Å². The van der Waals surface area contributed by atoms with Crippen molar-refractivity contribution in [2.24, 2.45) is 0 Å². The van der Waals surface area contributed by atoms with Crippen LogP contribution < -0.4 is 0 Å². The molecule has 1 unspecified atom stereocenters. The van der Waals surface area contributed by atoms with Gasteiger partial charge in [-0.3, -0.25) is 9.69 Å². The molecule has 1 atom stereocenters. The van der Waals surface area contributed by atoms with Gasteiger partial charge in [0.1, 0.15) is 11.8 Å². The average Bonchev–Trinajstić information content (AvgIpc) is 2.47. The fourth-order valence-electron chi connectivity index (χ4n) is 2.55. The van der Waals surface area contributed by atoms with Crippen LogP contribution in [0.3, 0.4) is 0 Å². The van der Waals surface area contributed by atoms with E-state index in [1.165, 1.54) is 12.7 Å². The highest BCUT2D eigenvalue weighted by Gasteiger charge is 2.24. The molecule has 0 amide bonds. The Kier molecular flexibility index (Phi) is 7.76. The predicted molar refractivity (Wildman–Crippen MR) is 92.5 cm³/mol. The third kappa shape index (κ3) is 5.21. The van der Waals surface area contributed by atoms with Gasteiger partial charge in [-0.15, -0.1) is 0 Å². The molecule has 1 rings (SSSR count). The van der Waals surface area contributed by atoms with Crippen molar-refractivity contribution < 1.29 is 14.6 Å². The summed E-state index contributed by atoms with van der Waals surface area (Å²) in [5.74, 6) is 1.32. The van der Waals surface area contributed by atoms with Gasteiger partial charge < -0.3 is 9.84 Å². The number of carbonyl (C=O) groups is 1. The molecule has 1 aromatic rings. The Bertz CT molecular complexity index is 491. The first kappa shape index (κ1) is 18.8. The Morgan fingerprint density at radius 3 is 2.64 bits per heavy atom. The molecule has 0 heterocycles. The molecule has 0 fully saturated rings. The zero-order chi connectivity index (χ0) is 16.7. The number of methoxy groups -OCH3 is 1. The van der Waals surface area contributed by atoms with E-state index in [0.29, 0.717) is 12.5 Å². The number of benzene rings is 1. The van der Waals surface area contributed by atoms with Crippen LogP contribution >= 0.6 is 11.8 Å². The van der Waals surface area contributed by atoms with Gasteiger partial charge in [0.2, 0.25) is 0 Å². The maximum absolute atomic E-state index is 12.0. The molecular formula is C17H27NO3S. The van der Waals surface area contributed by atoms with Crippen LogP contribution in [0.25, 0.3) is 0 Å². The summed E-state index contributed by atoms with van der Waals surface area (Å²) in [6.07, 6.45) is 2.78. The Labute approximate surface area is 137 Å². The smallest absolute Gasteiger partial charge is 0.323 e. The SMILES string of the molecule is COC(=O)C(CCSC)N(C)Cc1cc(O)ccc1C(C)C. The van der Waals surface area contributed by atoms with Gasteiger partial charge >= 0.3 is 5.97 Å². The van der Waals surface area contributed by atoms with E-state index < -0.39 is 0 Å². The first-order chi connectivity index (χ1) is 10.4. The second-order valence-electron chi connectivity index (χ2n) is 5.77. The highest BCUT2D eigenvalue weighted by molar-refractivity contribution is 7.98. The molecule has 0 aliphatic carbocycles. The van der Waals surface area contributed by atoms with Crippen molar-refractivity contribution in [2.75, 3.05) is 26.2 Å². The van der Waals surface area contributed by atoms with E-state index in [4.69, 9.17) is 4.74 Å². The monoisotopic (exact) mass is 325 g/mol. The van der Waals surface area contributed by atoms with Crippen molar-refractivity contribution in [3.63, 3.8) is 0 Å². The minimum Gasteiger partial charge on any atom is -0.508 e. The van der Waals surface area contributed by atoms with Gasteiger partial charge in [-0.1, -0.05) is 19.9 Å². The zero-order valence-corrected chi connectivity index (χ0v) is 14.9.